The van der Waals surface area contributed by atoms with E-state index >= 15 is 0 Å². The largest absolute Gasteiger partial charge is 0.484 e. The van der Waals surface area contributed by atoms with E-state index in [9.17, 15) is 4.79 Å². The van der Waals surface area contributed by atoms with Gasteiger partial charge in [0.05, 0.1) is 0 Å². The SMILES string of the molecule is Cc1ccc(-c2nc(NC(=O)COc3ccc(Cl)cc3)n[nH]2)cc1. The van der Waals surface area contributed by atoms with E-state index in [-0.39, 0.29) is 18.5 Å². The van der Waals surface area contributed by atoms with E-state index in [2.05, 4.69) is 20.5 Å². The van der Waals surface area contributed by atoms with Crippen LogP contribution in [0.5, 0.6) is 5.75 Å². The van der Waals surface area contributed by atoms with Gasteiger partial charge in [-0.15, -0.1) is 5.10 Å². The highest BCUT2D eigenvalue weighted by Gasteiger charge is 2.09. The fraction of sp³-hybridized carbons (Fsp3) is 0.118. The number of rotatable bonds is 5. The molecule has 0 spiro atoms. The molecule has 1 aromatic heterocycles. The normalized spacial score (nSPS) is 10.4. The van der Waals surface area contributed by atoms with Crippen LogP contribution in [0.25, 0.3) is 11.4 Å². The Morgan fingerprint density at radius 2 is 1.88 bits per heavy atom. The molecule has 0 aliphatic rings. The van der Waals surface area contributed by atoms with Crippen LogP contribution in [0.3, 0.4) is 0 Å². The van der Waals surface area contributed by atoms with Crippen LogP contribution in [0, 0.1) is 6.92 Å². The molecule has 0 saturated heterocycles. The fourth-order valence-electron chi connectivity index (χ4n) is 2.00. The monoisotopic (exact) mass is 342 g/mol. The van der Waals surface area contributed by atoms with E-state index in [1.165, 1.54) is 0 Å². The summed E-state index contributed by atoms with van der Waals surface area (Å²) in [5, 5.41) is 9.97. The first-order chi connectivity index (χ1) is 11.6. The maximum Gasteiger partial charge on any atom is 0.264 e. The molecule has 0 fully saturated rings. The third-order valence-corrected chi connectivity index (χ3v) is 3.50. The third kappa shape index (κ3) is 4.11. The van der Waals surface area contributed by atoms with Gasteiger partial charge < -0.3 is 4.74 Å². The van der Waals surface area contributed by atoms with Crippen molar-refractivity contribution in [2.24, 2.45) is 0 Å². The Hall–Kier alpha value is -2.86. The molecular formula is C17H15ClN4O2. The number of amides is 1. The summed E-state index contributed by atoms with van der Waals surface area (Å²) in [6, 6.07) is 14.6. The first-order valence-corrected chi connectivity index (χ1v) is 7.65. The Morgan fingerprint density at radius 1 is 1.17 bits per heavy atom. The zero-order chi connectivity index (χ0) is 16.9. The van der Waals surface area contributed by atoms with Gasteiger partial charge in [0.2, 0.25) is 5.95 Å². The average Bonchev–Trinajstić information content (AvgIpc) is 3.03. The summed E-state index contributed by atoms with van der Waals surface area (Å²) in [7, 11) is 0. The Labute approximate surface area is 143 Å². The first-order valence-electron chi connectivity index (χ1n) is 7.28. The highest BCUT2D eigenvalue weighted by Crippen LogP contribution is 2.17. The number of ether oxygens (including phenoxy) is 1. The number of halogens is 1. The zero-order valence-electron chi connectivity index (χ0n) is 12.9. The number of hydrogen-bond acceptors (Lipinski definition) is 4. The van der Waals surface area contributed by atoms with Gasteiger partial charge in [-0.25, -0.2) is 0 Å². The Kier molecular flexibility index (Phi) is 4.77. The van der Waals surface area contributed by atoms with Crippen LogP contribution in [-0.2, 0) is 4.79 Å². The number of carbonyl (C=O) groups is 1. The van der Waals surface area contributed by atoms with Gasteiger partial charge >= 0.3 is 0 Å². The van der Waals surface area contributed by atoms with Crippen molar-refractivity contribution in [1.82, 2.24) is 15.2 Å². The lowest BCUT2D eigenvalue weighted by Gasteiger charge is -2.05. The number of H-pyrrole nitrogens is 1. The van der Waals surface area contributed by atoms with Crippen molar-refractivity contribution >= 4 is 23.5 Å². The second-order valence-corrected chi connectivity index (χ2v) is 5.60. The lowest BCUT2D eigenvalue weighted by atomic mass is 10.1. The number of nitrogens with one attached hydrogen (secondary N) is 2. The minimum Gasteiger partial charge on any atom is -0.484 e. The number of aromatic nitrogens is 3. The summed E-state index contributed by atoms with van der Waals surface area (Å²) in [5.41, 5.74) is 2.05. The smallest absolute Gasteiger partial charge is 0.264 e. The molecule has 0 unspecified atom stereocenters. The van der Waals surface area contributed by atoms with E-state index in [0.717, 1.165) is 11.1 Å². The predicted octanol–water partition coefficient (Wildman–Crippen LogP) is 3.45. The number of nitrogens with zero attached hydrogens (tertiary/aromatic N) is 2. The summed E-state index contributed by atoms with van der Waals surface area (Å²) in [6.45, 7) is 1.87. The van der Waals surface area contributed by atoms with Gasteiger partial charge in [-0.3, -0.25) is 15.2 Å². The van der Waals surface area contributed by atoms with Gasteiger partial charge in [0.15, 0.2) is 12.4 Å². The minimum absolute atomic E-state index is 0.143. The van der Waals surface area contributed by atoms with Crippen molar-refractivity contribution in [1.29, 1.82) is 0 Å². The van der Waals surface area contributed by atoms with E-state index in [1.54, 1.807) is 24.3 Å². The van der Waals surface area contributed by atoms with E-state index in [1.807, 2.05) is 31.2 Å². The van der Waals surface area contributed by atoms with Gasteiger partial charge in [-0.05, 0) is 31.2 Å². The Bertz CT molecular complexity index is 829. The molecule has 122 valence electrons. The summed E-state index contributed by atoms with van der Waals surface area (Å²) in [6.07, 6.45) is 0. The number of aryl methyl sites for hydroxylation is 1. The second kappa shape index (κ2) is 7.14. The van der Waals surface area contributed by atoms with Crippen molar-refractivity contribution in [3.63, 3.8) is 0 Å². The molecule has 0 atom stereocenters. The highest BCUT2D eigenvalue weighted by atomic mass is 35.5. The number of carbonyl (C=O) groups excluding carboxylic acids is 1. The van der Waals surface area contributed by atoms with Gasteiger partial charge in [-0.1, -0.05) is 41.4 Å². The summed E-state index contributed by atoms with van der Waals surface area (Å²) < 4.78 is 5.36. The molecule has 0 aliphatic carbocycles. The lowest BCUT2D eigenvalue weighted by molar-refractivity contribution is -0.118. The molecule has 2 aromatic carbocycles. The lowest BCUT2D eigenvalue weighted by Crippen LogP contribution is -2.20. The van der Waals surface area contributed by atoms with E-state index < -0.39 is 0 Å². The maximum absolute atomic E-state index is 11.9. The predicted molar refractivity (Wildman–Crippen MR) is 92.1 cm³/mol. The molecule has 0 aliphatic heterocycles. The fourth-order valence-corrected chi connectivity index (χ4v) is 2.12. The van der Waals surface area contributed by atoms with E-state index in [4.69, 9.17) is 16.3 Å². The van der Waals surface area contributed by atoms with Crippen molar-refractivity contribution in [3.8, 4) is 17.1 Å². The molecule has 0 bridgehead atoms. The molecule has 0 radical (unpaired) electrons. The molecule has 1 heterocycles. The topological polar surface area (TPSA) is 79.9 Å². The van der Waals surface area contributed by atoms with Crippen molar-refractivity contribution in [2.45, 2.75) is 6.92 Å². The van der Waals surface area contributed by atoms with Crippen LogP contribution in [0.1, 0.15) is 5.56 Å². The zero-order valence-corrected chi connectivity index (χ0v) is 13.7. The Balaban J connectivity index is 1.57. The third-order valence-electron chi connectivity index (χ3n) is 3.25. The number of anilines is 1. The van der Waals surface area contributed by atoms with Crippen molar-refractivity contribution in [3.05, 3.63) is 59.1 Å². The molecular weight excluding hydrogens is 328 g/mol. The molecule has 3 rings (SSSR count). The standard InChI is InChI=1S/C17H15ClN4O2/c1-11-2-4-12(5-3-11)16-20-17(22-21-16)19-15(23)10-24-14-8-6-13(18)7-9-14/h2-9H,10H2,1H3,(H2,19,20,21,22,23). The average molecular weight is 343 g/mol. The second-order valence-electron chi connectivity index (χ2n) is 5.16. The van der Waals surface area contributed by atoms with Crippen LogP contribution < -0.4 is 10.1 Å². The molecule has 7 heteroatoms. The molecule has 6 nitrogen and oxygen atoms in total. The molecule has 3 aromatic rings. The van der Waals surface area contributed by atoms with Crippen LogP contribution in [-0.4, -0.2) is 27.7 Å². The van der Waals surface area contributed by atoms with Gasteiger partial charge in [-0.2, -0.15) is 4.98 Å². The molecule has 0 saturated carbocycles. The van der Waals surface area contributed by atoms with E-state index in [0.29, 0.717) is 16.6 Å². The summed E-state index contributed by atoms with van der Waals surface area (Å²) >= 11 is 5.79. The highest BCUT2D eigenvalue weighted by molar-refractivity contribution is 6.30. The molecule has 24 heavy (non-hydrogen) atoms. The van der Waals surface area contributed by atoms with Gasteiger partial charge in [0.1, 0.15) is 5.75 Å². The maximum atomic E-state index is 11.9. The quantitative estimate of drug-likeness (QED) is 0.744. The first kappa shape index (κ1) is 16.0. The van der Waals surface area contributed by atoms with Gasteiger partial charge in [0.25, 0.3) is 5.91 Å². The van der Waals surface area contributed by atoms with Crippen LogP contribution in [0.4, 0.5) is 5.95 Å². The minimum atomic E-state index is -0.348. The molecule has 1 amide bonds. The van der Waals surface area contributed by atoms with Gasteiger partial charge in [0, 0.05) is 10.6 Å². The number of benzene rings is 2. The molecule has 2 N–H and O–H groups in total. The summed E-state index contributed by atoms with van der Waals surface area (Å²) in [4.78, 5) is 16.1. The van der Waals surface area contributed by atoms with Crippen molar-refractivity contribution < 1.29 is 9.53 Å². The van der Waals surface area contributed by atoms with Crippen molar-refractivity contribution in [2.75, 3.05) is 11.9 Å². The summed E-state index contributed by atoms with van der Waals surface area (Å²) in [5.74, 6) is 1.00. The van der Waals surface area contributed by atoms with Crippen LogP contribution in [0.2, 0.25) is 5.02 Å². The van der Waals surface area contributed by atoms with Crippen LogP contribution in [0.15, 0.2) is 48.5 Å². The number of hydrogen-bond donors (Lipinski definition) is 2. The van der Waals surface area contributed by atoms with Crippen LogP contribution >= 0.6 is 11.6 Å². The Morgan fingerprint density at radius 3 is 2.58 bits per heavy atom. The number of aromatic amines is 1.